The molecule has 0 aliphatic heterocycles. The van der Waals surface area contributed by atoms with Crippen LogP contribution in [0.15, 0.2) is 24.3 Å². The first-order chi connectivity index (χ1) is 38.3. The van der Waals surface area contributed by atoms with Crippen LogP contribution in [0.3, 0.4) is 0 Å². The molecule has 0 bridgehead atoms. The molecule has 3 N–H and O–H groups in total. The van der Waals surface area contributed by atoms with Crippen molar-refractivity contribution in [3.05, 3.63) is 24.3 Å². The number of hydrogen-bond donors (Lipinski definition) is 2. The van der Waals surface area contributed by atoms with Gasteiger partial charge >= 0.3 is 19.8 Å². The second-order valence-corrected chi connectivity index (χ2v) is 24.9. The minimum absolute atomic E-state index is 0.0529. The van der Waals surface area contributed by atoms with Gasteiger partial charge in [-0.1, -0.05) is 334 Å². The maximum Gasteiger partial charge on any atom is 0.472 e. The summed E-state index contributed by atoms with van der Waals surface area (Å²) in [5.41, 5.74) is 5.38. The molecule has 0 amide bonds. The monoisotopic (exact) mass is 1120 g/mol. The third-order valence-corrected chi connectivity index (χ3v) is 16.6. The summed E-state index contributed by atoms with van der Waals surface area (Å²) in [5, 5.41) is 0. The van der Waals surface area contributed by atoms with Gasteiger partial charge in [0.05, 0.1) is 13.2 Å². The van der Waals surface area contributed by atoms with Gasteiger partial charge in [0.2, 0.25) is 0 Å². The molecule has 0 aromatic rings. The maximum absolute atomic E-state index is 12.7. The number of allylic oxidation sites excluding steroid dienone is 4. The van der Waals surface area contributed by atoms with Crippen LogP contribution in [-0.4, -0.2) is 49.3 Å². The molecule has 0 aromatic heterocycles. The number of carbonyl (C=O) groups is 2. The van der Waals surface area contributed by atoms with Crippen molar-refractivity contribution in [2.75, 3.05) is 26.4 Å². The van der Waals surface area contributed by atoms with Gasteiger partial charge in [0.15, 0.2) is 6.10 Å². The van der Waals surface area contributed by atoms with E-state index in [1.807, 2.05) is 0 Å². The van der Waals surface area contributed by atoms with Crippen molar-refractivity contribution in [1.29, 1.82) is 0 Å². The van der Waals surface area contributed by atoms with Crippen LogP contribution in [0.1, 0.15) is 367 Å². The normalized spacial score (nSPS) is 13.0. The first-order valence-electron chi connectivity index (χ1n) is 34.3. The summed E-state index contributed by atoms with van der Waals surface area (Å²) in [5.74, 6) is -0.827. The molecule has 2 atom stereocenters. The zero-order chi connectivity index (χ0) is 56.6. The van der Waals surface area contributed by atoms with Crippen LogP contribution in [0.2, 0.25) is 0 Å². The Morgan fingerprint density at radius 2 is 0.667 bits per heavy atom. The van der Waals surface area contributed by atoms with E-state index in [-0.39, 0.29) is 38.6 Å². The lowest BCUT2D eigenvalue weighted by Gasteiger charge is -2.19. The molecule has 0 spiro atoms. The minimum atomic E-state index is -4.39. The van der Waals surface area contributed by atoms with Crippen LogP contribution in [0.25, 0.3) is 0 Å². The average Bonchev–Trinajstić information content (AvgIpc) is 3.43. The lowest BCUT2D eigenvalue weighted by Crippen LogP contribution is -2.29. The van der Waals surface area contributed by atoms with Crippen LogP contribution >= 0.6 is 7.82 Å². The summed E-state index contributed by atoms with van der Waals surface area (Å²) in [7, 11) is -4.39. The molecule has 0 aliphatic carbocycles. The third kappa shape index (κ3) is 63.7. The molecule has 0 heterocycles. The van der Waals surface area contributed by atoms with Crippen LogP contribution in [0, 0.1) is 0 Å². The Kier molecular flexibility index (Phi) is 63.4. The van der Waals surface area contributed by atoms with Crippen molar-refractivity contribution in [2.24, 2.45) is 5.73 Å². The van der Waals surface area contributed by atoms with Gasteiger partial charge in [-0.05, 0) is 44.9 Å². The highest BCUT2D eigenvalue weighted by Gasteiger charge is 2.26. The molecule has 0 rings (SSSR count). The molecule has 78 heavy (non-hydrogen) atoms. The van der Waals surface area contributed by atoms with E-state index in [0.717, 1.165) is 57.8 Å². The molecule has 2 unspecified atom stereocenters. The van der Waals surface area contributed by atoms with Gasteiger partial charge in [-0.2, -0.15) is 0 Å². The van der Waals surface area contributed by atoms with Gasteiger partial charge in [-0.25, -0.2) is 4.57 Å². The number of rotatable bonds is 66. The summed E-state index contributed by atoms with van der Waals surface area (Å²) < 4.78 is 33.0. The summed E-state index contributed by atoms with van der Waals surface area (Å²) in [4.78, 5) is 35.2. The van der Waals surface area contributed by atoms with Gasteiger partial charge in [-0.3, -0.25) is 18.6 Å². The Balaban J connectivity index is 3.68. The Morgan fingerprint density at radius 1 is 0.385 bits per heavy atom. The van der Waals surface area contributed by atoms with Crippen LogP contribution < -0.4 is 5.73 Å². The molecular weight excluding hydrogens is 990 g/mol. The molecule has 0 aliphatic rings. The van der Waals surface area contributed by atoms with Gasteiger partial charge < -0.3 is 20.1 Å². The van der Waals surface area contributed by atoms with E-state index in [4.69, 9.17) is 24.3 Å². The summed E-state index contributed by atoms with van der Waals surface area (Å²) in [6.07, 6.45) is 78.8. The SMILES string of the molecule is CCCCCC/C=C\C/C=C\CCCCCCCC(=O)OC(COC(=O)CCCCCCCCCCCCCCCCCCCCCCCCCCCCCCCCCCCCCCCCCCC)COP(=O)(O)OCCN. The zero-order valence-corrected chi connectivity index (χ0v) is 52.8. The molecule has 10 heteroatoms. The second kappa shape index (κ2) is 64.7. The van der Waals surface area contributed by atoms with E-state index < -0.39 is 26.5 Å². The van der Waals surface area contributed by atoms with Gasteiger partial charge in [-0.15, -0.1) is 0 Å². The number of esters is 2. The van der Waals surface area contributed by atoms with Crippen LogP contribution in [0.5, 0.6) is 0 Å². The van der Waals surface area contributed by atoms with Crippen molar-refractivity contribution in [1.82, 2.24) is 0 Å². The van der Waals surface area contributed by atoms with Crippen molar-refractivity contribution in [3.8, 4) is 0 Å². The van der Waals surface area contributed by atoms with Crippen molar-refractivity contribution >= 4 is 19.8 Å². The van der Waals surface area contributed by atoms with E-state index in [2.05, 4.69) is 38.2 Å². The van der Waals surface area contributed by atoms with E-state index in [0.29, 0.717) is 6.42 Å². The van der Waals surface area contributed by atoms with E-state index in [1.54, 1.807) is 0 Å². The third-order valence-electron chi connectivity index (χ3n) is 15.6. The van der Waals surface area contributed by atoms with E-state index >= 15 is 0 Å². The van der Waals surface area contributed by atoms with Crippen LogP contribution in [0.4, 0.5) is 0 Å². The number of phosphoric ester groups is 1. The minimum Gasteiger partial charge on any atom is -0.462 e. The number of carbonyl (C=O) groups excluding carboxylic acids is 2. The van der Waals surface area contributed by atoms with Gasteiger partial charge in [0, 0.05) is 19.4 Å². The summed E-state index contributed by atoms with van der Waals surface area (Å²) in [6.45, 7) is 3.77. The number of hydrogen-bond acceptors (Lipinski definition) is 8. The number of ether oxygens (including phenoxy) is 2. The lowest BCUT2D eigenvalue weighted by atomic mass is 10.0. The molecule has 0 aromatic carbocycles. The number of unbranched alkanes of at least 4 members (excludes halogenated alkanes) is 49. The van der Waals surface area contributed by atoms with E-state index in [1.165, 1.54) is 276 Å². The van der Waals surface area contributed by atoms with Crippen molar-refractivity contribution in [2.45, 2.75) is 373 Å². The molecular formula is C68H132NO8P. The Labute approximate surface area is 484 Å². The Hall–Kier alpha value is -1.51. The number of nitrogens with two attached hydrogens (primary N) is 1. The molecule has 0 saturated heterocycles. The number of phosphoric acid groups is 1. The molecule has 462 valence electrons. The first kappa shape index (κ1) is 76.5. The molecule has 0 saturated carbocycles. The predicted molar refractivity (Wildman–Crippen MR) is 335 cm³/mol. The largest absolute Gasteiger partial charge is 0.472 e. The topological polar surface area (TPSA) is 134 Å². The first-order valence-corrected chi connectivity index (χ1v) is 35.8. The van der Waals surface area contributed by atoms with Crippen LogP contribution in [-0.2, 0) is 32.7 Å². The van der Waals surface area contributed by atoms with Gasteiger partial charge in [0.25, 0.3) is 0 Å². The predicted octanol–water partition coefficient (Wildman–Crippen LogP) is 22.1. The highest BCUT2D eigenvalue weighted by Crippen LogP contribution is 2.43. The van der Waals surface area contributed by atoms with E-state index in [9.17, 15) is 19.0 Å². The fourth-order valence-electron chi connectivity index (χ4n) is 10.5. The fraction of sp³-hybridized carbons (Fsp3) is 0.912. The zero-order valence-electron chi connectivity index (χ0n) is 51.9. The highest BCUT2D eigenvalue weighted by atomic mass is 31.2. The maximum atomic E-state index is 12.7. The Morgan fingerprint density at radius 3 is 0.987 bits per heavy atom. The highest BCUT2D eigenvalue weighted by molar-refractivity contribution is 7.47. The quantitative estimate of drug-likeness (QED) is 0.0264. The van der Waals surface area contributed by atoms with Gasteiger partial charge in [0.1, 0.15) is 6.61 Å². The van der Waals surface area contributed by atoms with Crippen molar-refractivity contribution < 1.29 is 37.6 Å². The fourth-order valence-corrected chi connectivity index (χ4v) is 11.3. The molecule has 9 nitrogen and oxygen atoms in total. The Bertz CT molecular complexity index is 1330. The summed E-state index contributed by atoms with van der Waals surface area (Å²) in [6, 6.07) is 0. The molecule has 0 radical (unpaired) electrons. The molecule has 0 fully saturated rings. The second-order valence-electron chi connectivity index (χ2n) is 23.4. The van der Waals surface area contributed by atoms with Crippen molar-refractivity contribution in [3.63, 3.8) is 0 Å². The summed E-state index contributed by atoms with van der Waals surface area (Å²) >= 11 is 0. The smallest absolute Gasteiger partial charge is 0.462 e. The average molecular weight is 1120 g/mol. The lowest BCUT2D eigenvalue weighted by molar-refractivity contribution is -0.161. The standard InChI is InChI=1S/C68H132NO8P/c1-3-5-7-9-11-13-15-17-19-21-22-23-24-25-26-27-28-29-30-31-32-33-34-35-36-37-38-39-40-41-42-43-44-45-47-48-50-52-54-56-58-60-67(70)74-64-66(65-76-78(72,73)75-63-62-69)77-68(71)61-59-57-55-53-51-49-46-20-18-16-14-12-10-8-6-4-2/h14,16,20,46,66H,3-13,15,17-19,21-45,47-65,69H2,1-2H3,(H,72,73)/b16-14-,46-20-.